The molecule has 0 unspecified atom stereocenters. The molecule has 158 valence electrons. The van der Waals surface area contributed by atoms with Crippen LogP contribution >= 0.6 is 22.6 Å². The highest BCUT2D eigenvalue weighted by molar-refractivity contribution is 14.1. The minimum absolute atomic E-state index is 0.0251. The first kappa shape index (κ1) is 21.3. The summed E-state index contributed by atoms with van der Waals surface area (Å²) >= 11 is 2.30. The Kier molecular flexibility index (Phi) is 7.07. The number of likely N-dealkylation sites (tertiary alicyclic amines) is 1. The number of carbonyl (C=O) groups is 1. The molecule has 0 aromatic heterocycles. The zero-order valence-corrected chi connectivity index (χ0v) is 19.0. The van der Waals surface area contributed by atoms with Crippen molar-refractivity contribution in [2.75, 3.05) is 13.1 Å². The number of nitrogens with zero attached hydrogens (tertiary/aromatic N) is 1. The van der Waals surface area contributed by atoms with E-state index in [1.165, 1.54) is 3.57 Å². The number of carbonyl (C=O) groups excluding carboxylic acids is 1. The van der Waals surface area contributed by atoms with Crippen LogP contribution < -0.4 is 0 Å². The first-order valence-electron chi connectivity index (χ1n) is 10.4. The van der Waals surface area contributed by atoms with Gasteiger partial charge in [-0.2, -0.15) is 0 Å². The van der Waals surface area contributed by atoms with E-state index in [2.05, 4.69) is 46.9 Å². The van der Waals surface area contributed by atoms with Crippen LogP contribution in [0.5, 0.6) is 0 Å². The van der Waals surface area contributed by atoms with Gasteiger partial charge in [0.05, 0.1) is 13.2 Å². The third kappa shape index (κ3) is 5.22. The molecular weight excluding hydrogens is 493 g/mol. The van der Waals surface area contributed by atoms with Crippen molar-refractivity contribution >= 4 is 28.5 Å². The van der Waals surface area contributed by atoms with E-state index in [4.69, 9.17) is 9.47 Å². The SMILES string of the molecule is O=C(C1=C[C@@H](c2ccc(I)cc2)C[C@@H](OCc2ccc(CO)cc2)O1)N1CCCC1. The molecule has 2 heterocycles. The smallest absolute Gasteiger partial charge is 0.288 e. The highest BCUT2D eigenvalue weighted by atomic mass is 127. The number of amides is 1. The number of rotatable bonds is 6. The van der Waals surface area contributed by atoms with E-state index < -0.39 is 6.29 Å². The van der Waals surface area contributed by atoms with Crippen molar-refractivity contribution in [3.05, 3.63) is 80.6 Å². The number of aliphatic hydroxyl groups is 1. The van der Waals surface area contributed by atoms with Gasteiger partial charge in [-0.3, -0.25) is 4.79 Å². The van der Waals surface area contributed by atoms with E-state index in [1.807, 2.05) is 35.2 Å². The fraction of sp³-hybridized carbons (Fsp3) is 0.375. The van der Waals surface area contributed by atoms with Gasteiger partial charge in [-0.15, -0.1) is 0 Å². The van der Waals surface area contributed by atoms with Crippen LogP contribution in [0.15, 0.2) is 60.4 Å². The van der Waals surface area contributed by atoms with Crippen LogP contribution in [0.25, 0.3) is 0 Å². The Bertz CT molecular complexity index is 888. The van der Waals surface area contributed by atoms with Crippen LogP contribution in [0.1, 0.15) is 41.9 Å². The summed E-state index contributed by atoms with van der Waals surface area (Å²) in [6.07, 6.45) is 4.22. The lowest BCUT2D eigenvalue weighted by atomic mass is 9.93. The van der Waals surface area contributed by atoms with E-state index in [-0.39, 0.29) is 18.4 Å². The molecule has 4 rings (SSSR count). The first-order valence-corrected chi connectivity index (χ1v) is 11.4. The van der Waals surface area contributed by atoms with Crippen LogP contribution in [-0.4, -0.2) is 35.3 Å². The van der Waals surface area contributed by atoms with Gasteiger partial charge in [0.25, 0.3) is 5.91 Å². The lowest BCUT2D eigenvalue weighted by Gasteiger charge is -2.31. The molecule has 5 nitrogen and oxygen atoms in total. The minimum Gasteiger partial charge on any atom is -0.459 e. The minimum atomic E-state index is -0.488. The molecule has 0 spiro atoms. The molecule has 1 fully saturated rings. The molecule has 0 radical (unpaired) electrons. The maximum absolute atomic E-state index is 13.0. The molecule has 0 bridgehead atoms. The van der Waals surface area contributed by atoms with Crippen LogP contribution in [0.2, 0.25) is 0 Å². The quantitative estimate of drug-likeness (QED) is 0.578. The molecule has 0 aliphatic carbocycles. The molecule has 1 amide bonds. The van der Waals surface area contributed by atoms with Crippen LogP contribution in [0.4, 0.5) is 0 Å². The summed E-state index contributed by atoms with van der Waals surface area (Å²) in [6, 6.07) is 16.0. The van der Waals surface area contributed by atoms with Gasteiger partial charge in [-0.25, -0.2) is 0 Å². The number of benzene rings is 2. The summed E-state index contributed by atoms with van der Waals surface area (Å²) in [7, 11) is 0. The van der Waals surface area contributed by atoms with Crippen molar-refractivity contribution in [1.29, 1.82) is 0 Å². The number of halogens is 1. The lowest BCUT2D eigenvalue weighted by molar-refractivity contribution is -0.155. The fourth-order valence-corrected chi connectivity index (χ4v) is 4.22. The van der Waals surface area contributed by atoms with Crippen molar-refractivity contribution < 1.29 is 19.4 Å². The third-order valence-corrected chi connectivity index (χ3v) is 6.32. The van der Waals surface area contributed by atoms with Crippen molar-refractivity contribution in [1.82, 2.24) is 4.90 Å². The number of ether oxygens (including phenoxy) is 2. The zero-order chi connectivity index (χ0) is 20.9. The fourth-order valence-electron chi connectivity index (χ4n) is 3.86. The normalized spacial score (nSPS) is 21.3. The standard InChI is InChI=1S/C24H26INO4/c25-21-9-7-19(8-10-21)20-13-22(24(28)26-11-1-2-12-26)30-23(14-20)29-16-18-5-3-17(15-27)4-6-18/h3-10,13,20,23,27H,1-2,11-12,14-16H2/t20-,23+/m1/s1. The van der Waals surface area contributed by atoms with E-state index in [9.17, 15) is 9.90 Å². The Balaban J connectivity index is 1.49. The van der Waals surface area contributed by atoms with Gasteiger partial charge in [0.1, 0.15) is 0 Å². The van der Waals surface area contributed by atoms with Gasteiger partial charge in [-0.05, 0) is 70.3 Å². The van der Waals surface area contributed by atoms with Crippen molar-refractivity contribution in [2.45, 2.75) is 44.7 Å². The van der Waals surface area contributed by atoms with E-state index in [1.54, 1.807) is 0 Å². The third-order valence-electron chi connectivity index (χ3n) is 5.60. The van der Waals surface area contributed by atoms with Crippen molar-refractivity contribution in [3.8, 4) is 0 Å². The molecule has 1 N–H and O–H groups in total. The Hall–Kier alpha value is -1.90. The summed E-state index contributed by atoms with van der Waals surface area (Å²) in [4.78, 5) is 14.8. The average Bonchev–Trinajstić information content (AvgIpc) is 3.33. The van der Waals surface area contributed by atoms with Crippen molar-refractivity contribution in [3.63, 3.8) is 0 Å². The highest BCUT2D eigenvalue weighted by Gasteiger charge is 2.31. The van der Waals surface area contributed by atoms with Crippen LogP contribution in [0.3, 0.4) is 0 Å². The second-order valence-corrected chi connectivity index (χ2v) is 9.00. The Morgan fingerprint density at radius 3 is 2.40 bits per heavy atom. The lowest BCUT2D eigenvalue weighted by Crippen LogP contribution is -2.34. The number of hydrogen-bond donors (Lipinski definition) is 1. The molecule has 2 aliphatic heterocycles. The predicted molar refractivity (Wildman–Crippen MR) is 122 cm³/mol. The number of hydrogen-bond acceptors (Lipinski definition) is 4. The maximum atomic E-state index is 13.0. The highest BCUT2D eigenvalue weighted by Crippen LogP contribution is 2.33. The van der Waals surface area contributed by atoms with Gasteiger partial charge >= 0.3 is 0 Å². The molecule has 2 atom stereocenters. The molecule has 2 aliphatic rings. The molecule has 1 saturated heterocycles. The second-order valence-electron chi connectivity index (χ2n) is 7.76. The summed E-state index contributed by atoms with van der Waals surface area (Å²) < 4.78 is 13.3. The molecule has 6 heteroatoms. The van der Waals surface area contributed by atoms with Gasteiger partial charge in [0.2, 0.25) is 6.29 Å². The molecular formula is C24H26INO4. The van der Waals surface area contributed by atoms with E-state index >= 15 is 0 Å². The predicted octanol–water partition coefficient (Wildman–Crippen LogP) is 4.34. The Labute approximate surface area is 190 Å². The first-order chi connectivity index (χ1) is 14.6. The topological polar surface area (TPSA) is 59.0 Å². The number of aliphatic hydroxyl groups excluding tert-OH is 1. The second kappa shape index (κ2) is 9.94. The van der Waals surface area contributed by atoms with Gasteiger partial charge in [0.15, 0.2) is 5.76 Å². The average molecular weight is 519 g/mol. The monoisotopic (exact) mass is 519 g/mol. The van der Waals surface area contributed by atoms with E-state index in [0.29, 0.717) is 18.8 Å². The summed E-state index contributed by atoms with van der Waals surface area (Å²) in [5.41, 5.74) is 3.03. The van der Waals surface area contributed by atoms with Gasteiger partial charge in [-0.1, -0.05) is 36.4 Å². The molecule has 2 aromatic rings. The maximum Gasteiger partial charge on any atom is 0.288 e. The summed E-state index contributed by atoms with van der Waals surface area (Å²) in [6.45, 7) is 1.99. The molecule has 30 heavy (non-hydrogen) atoms. The van der Waals surface area contributed by atoms with Crippen LogP contribution in [-0.2, 0) is 27.5 Å². The van der Waals surface area contributed by atoms with Gasteiger partial charge in [0, 0.05) is 29.0 Å². The van der Waals surface area contributed by atoms with Crippen molar-refractivity contribution in [2.24, 2.45) is 0 Å². The largest absolute Gasteiger partial charge is 0.459 e. The zero-order valence-electron chi connectivity index (χ0n) is 16.8. The van der Waals surface area contributed by atoms with E-state index in [0.717, 1.165) is 42.6 Å². The van der Waals surface area contributed by atoms with Gasteiger partial charge < -0.3 is 19.5 Å². The number of allylic oxidation sites excluding steroid dienone is 1. The Morgan fingerprint density at radius 2 is 1.73 bits per heavy atom. The van der Waals surface area contributed by atoms with Crippen LogP contribution in [0, 0.1) is 3.57 Å². The molecule has 0 saturated carbocycles. The summed E-state index contributed by atoms with van der Waals surface area (Å²) in [5.74, 6) is 0.426. The summed E-state index contributed by atoms with van der Waals surface area (Å²) in [5, 5.41) is 9.19. The molecule has 2 aromatic carbocycles. The Morgan fingerprint density at radius 1 is 1.07 bits per heavy atom.